The van der Waals surface area contributed by atoms with E-state index in [1.807, 2.05) is 0 Å². The zero-order valence-electron chi connectivity index (χ0n) is 11.6. The standard InChI is InChI=1S/C13H29NO2/c1-6-13(4,15-5)9-11-16-12(2,3)8-7-10-14/h6-11,14H2,1-5H3. The third-order valence-electron chi connectivity index (χ3n) is 3.35. The zero-order valence-corrected chi connectivity index (χ0v) is 11.6. The van der Waals surface area contributed by atoms with Crippen LogP contribution in [-0.2, 0) is 9.47 Å². The van der Waals surface area contributed by atoms with Crippen LogP contribution in [0.1, 0.15) is 53.4 Å². The van der Waals surface area contributed by atoms with Crippen molar-refractivity contribution in [2.45, 2.75) is 64.6 Å². The molecule has 0 fully saturated rings. The summed E-state index contributed by atoms with van der Waals surface area (Å²) in [6, 6.07) is 0. The van der Waals surface area contributed by atoms with E-state index in [1.54, 1.807) is 7.11 Å². The van der Waals surface area contributed by atoms with Crippen LogP contribution in [0.3, 0.4) is 0 Å². The van der Waals surface area contributed by atoms with Gasteiger partial charge in [0, 0.05) is 7.11 Å². The van der Waals surface area contributed by atoms with Gasteiger partial charge in [-0.25, -0.2) is 0 Å². The molecule has 0 bridgehead atoms. The number of methoxy groups -OCH3 is 1. The van der Waals surface area contributed by atoms with E-state index < -0.39 is 0 Å². The second-order valence-corrected chi connectivity index (χ2v) is 5.26. The molecular formula is C13H29NO2. The first-order valence-corrected chi connectivity index (χ1v) is 6.28. The lowest BCUT2D eigenvalue weighted by Gasteiger charge is -2.30. The van der Waals surface area contributed by atoms with E-state index in [9.17, 15) is 0 Å². The van der Waals surface area contributed by atoms with Gasteiger partial charge in [-0.15, -0.1) is 0 Å². The molecule has 0 aliphatic heterocycles. The molecule has 1 unspecified atom stereocenters. The third-order valence-corrected chi connectivity index (χ3v) is 3.35. The molecule has 0 aromatic heterocycles. The summed E-state index contributed by atoms with van der Waals surface area (Å²) < 4.78 is 11.4. The normalized spacial score (nSPS) is 16.1. The first-order chi connectivity index (χ1) is 7.39. The highest BCUT2D eigenvalue weighted by molar-refractivity contribution is 4.74. The van der Waals surface area contributed by atoms with Gasteiger partial charge >= 0.3 is 0 Å². The predicted molar refractivity (Wildman–Crippen MR) is 68.6 cm³/mol. The summed E-state index contributed by atoms with van der Waals surface area (Å²) in [6.45, 7) is 10.00. The first kappa shape index (κ1) is 15.9. The fraction of sp³-hybridized carbons (Fsp3) is 1.00. The molecule has 3 nitrogen and oxygen atoms in total. The number of hydrogen-bond donors (Lipinski definition) is 1. The lowest BCUT2D eigenvalue weighted by Crippen LogP contribution is -2.32. The highest BCUT2D eigenvalue weighted by Crippen LogP contribution is 2.22. The van der Waals surface area contributed by atoms with Crippen LogP contribution in [-0.4, -0.2) is 31.5 Å². The molecule has 2 N–H and O–H groups in total. The Balaban J connectivity index is 3.87. The Morgan fingerprint density at radius 3 is 2.19 bits per heavy atom. The number of rotatable bonds is 9. The molecule has 0 amide bonds. The molecule has 1 atom stereocenters. The Labute approximate surface area is 101 Å². The summed E-state index contributed by atoms with van der Waals surface area (Å²) in [5.74, 6) is 0. The summed E-state index contributed by atoms with van der Waals surface area (Å²) in [4.78, 5) is 0. The highest BCUT2D eigenvalue weighted by atomic mass is 16.5. The number of ether oxygens (including phenoxy) is 2. The molecule has 0 aromatic carbocycles. The highest BCUT2D eigenvalue weighted by Gasteiger charge is 2.23. The van der Waals surface area contributed by atoms with Gasteiger partial charge in [-0.3, -0.25) is 0 Å². The van der Waals surface area contributed by atoms with Gasteiger partial charge in [0.05, 0.1) is 17.8 Å². The quantitative estimate of drug-likeness (QED) is 0.663. The Morgan fingerprint density at radius 1 is 1.12 bits per heavy atom. The van der Waals surface area contributed by atoms with Crippen LogP contribution in [0, 0.1) is 0 Å². The van der Waals surface area contributed by atoms with Crippen molar-refractivity contribution in [3.8, 4) is 0 Å². The molecular weight excluding hydrogens is 202 g/mol. The Morgan fingerprint density at radius 2 is 1.75 bits per heavy atom. The van der Waals surface area contributed by atoms with Crippen LogP contribution < -0.4 is 5.73 Å². The zero-order chi connectivity index (χ0) is 12.7. The average Bonchev–Trinajstić information content (AvgIpc) is 2.26. The van der Waals surface area contributed by atoms with Gasteiger partial charge in [-0.1, -0.05) is 6.92 Å². The molecule has 0 saturated carbocycles. The largest absolute Gasteiger partial charge is 0.378 e. The first-order valence-electron chi connectivity index (χ1n) is 6.28. The maximum Gasteiger partial charge on any atom is 0.0670 e. The van der Waals surface area contributed by atoms with Crippen molar-refractivity contribution in [2.75, 3.05) is 20.3 Å². The van der Waals surface area contributed by atoms with Crippen LogP contribution in [0.15, 0.2) is 0 Å². The Hall–Kier alpha value is -0.120. The van der Waals surface area contributed by atoms with Crippen molar-refractivity contribution in [3.05, 3.63) is 0 Å². The fourth-order valence-electron chi connectivity index (χ4n) is 1.57. The molecule has 98 valence electrons. The SMILES string of the molecule is CCC(C)(CCOC(C)(C)CCCN)OC. The molecule has 0 saturated heterocycles. The monoisotopic (exact) mass is 231 g/mol. The molecule has 0 spiro atoms. The molecule has 0 aliphatic carbocycles. The summed E-state index contributed by atoms with van der Waals surface area (Å²) in [6.07, 6.45) is 3.98. The van der Waals surface area contributed by atoms with Crippen LogP contribution >= 0.6 is 0 Å². The average molecular weight is 231 g/mol. The molecule has 0 aromatic rings. The van der Waals surface area contributed by atoms with E-state index in [2.05, 4.69) is 27.7 Å². The molecule has 16 heavy (non-hydrogen) atoms. The molecule has 3 heteroatoms. The van der Waals surface area contributed by atoms with E-state index in [-0.39, 0.29) is 11.2 Å². The lowest BCUT2D eigenvalue weighted by molar-refractivity contribution is -0.0689. The number of hydrogen-bond acceptors (Lipinski definition) is 3. The van der Waals surface area contributed by atoms with Gasteiger partial charge < -0.3 is 15.2 Å². The summed E-state index contributed by atoms with van der Waals surface area (Å²) in [7, 11) is 1.77. The van der Waals surface area contributed by atoms with E-state index in [0.717, 1.165) is 38.8 Å². The van der Waals surface area contributed by atoms with E-state index in [0.29, 0.717) is 0 Å². The summed E-state index contributed by atoms with van der Waals surface area (Å²) in [5, 5.41) is 0. The lowest BCUT2D eigenvalue weighted by atomic mass is 9.98. The van der Waals surface area contributed by atoms with Crippen molar-refractivity contribution < 1.29 is 9.47 Å². The maximum atomic E-state index is 5.90. The summed E-state index contributed by atoms with van der Waals surface area (Å²) in [5.41, 5.74) is 5.38. The molecule has 0 heterocycles. The van der Waals surface area contributed by atoms with Crippen molar-refractivity contribution in [2.24, 2.45) is 5.73 Å². The predicted octanol–water partition coefficient (Wildman–Crippen LogP) is 2.73. The number of nitrogens with two attached hydrogens (primary N) is 1. The maximum absolute atomic E-state index is 5.90. The second kappa shape index (κ2) is 7.25. The Bertz CT molecular complexity index is 177. The third kappa shape index (κ3) is 6.46. The second-order valence-electron chi connectivity index (χ2n) is 5.26. The van der Waals surface area contributed by atoms with Gasteiger partial charge in [0.15, 0.2) is 0 Å². The van der Waals surface area contributed by atoms with Gasteiger partial charge in [-0.2, -0.15) is 0 Å². The van der Waals surface area contributed by atoms with Crippen LogP contribution in [0.25, 0.3) is 0 Å². The van der Waals surface area contributed by atoms with E-state index >= 15 is 0 Å². The topological polar surface area (TPSA) is 44.5 Å². The van der Waals surface area contributed by atoms with Crippen LogP contribution in [0.4, 0.5) is 0 Å². The van der Waals surface area contributed by atoms with Crippen LogP contribution in [0.2, 0.25) is 0 Å². The molecule has 0 rings (SSSR count). The minimum atomic E-state index is -0.0677. The van der Waals surface area contributed by atoms with Crippen LogP contribution in [0.5, 0.6) is 0 Å². The van der Waals surface area contributed by atoms with Crippen molar-refractivity contribution in [1.29, 1.82) is 0 Å². The minimum Gasteiger partial charge on any atom is -0.378 e. The van der Waals surface area contributed by atoms with E-state index in [4.69, 9.17) is 15.2 Å². The van der Waals surface area contributed by atoms with Gasteiger partial charge in [0.1, 0.15) is 0 Å². The van der Waals surface area contributed by atoms with Gasteiger partial charge in [0.2, 0.25) is 0 Å². The Kier molecular flexibility index (Phi) is 7.20. The molecule has 0 aliphatic rings. The van der Waals surface area contributed by atoms with Gasteiger partial charge in [0.25, 0.3) is 0 Å². The van der Waals surface area contributed by atoms with Gasteiger partial charge in [-0.05, 0) is 53.0 Å². The minimum absolute atomic E-state index is 0.0516. The fourth-order valence-corrected chi connectivity index (χ4v) is 1.57. The van der Waals surface area contributed by atoms with E-state index in [1.165, 1.54) is 0 Å². The van der Waals surface area contributed by atoms with Crippen molar-refractivity contribution in [3.63, 3.8) is 0 Å². The molecule has 0 radical (unpaired) electrons. The smallest absolute Gasteiger partial charge is 0.0670 e. The van der Waals surface area contributed by atoms with Crippen molar-refractivity contribution in [1.82, 2.24) is 0 Å². The summed E-state index contributed by atoms with van der Waals surface area (Å²) >= 11 is 0. The van der Waals surface area contributed by atoms with Crippen molar-refractivity contribution >= 4 is 0 Å².